The molecule has 3 rings (SSSR count). The molecule has 1 fully saturated rings. The number of rotatable bonds is 6. The minimum atomic E-state index is -0.845. The first-order chi connectivity index (χ1) is 15.2. The zero-order valence-electron chi connectivity index (χ0n) is 19.1. The van der Waals surface area contributed by atoms with Crippen LogP contribution in [0.2, 0.25) is 0 Å². The van der Waals surface area contributed by atoms with E-state index in [0.717, 1.165) is 11.1 Å². The Kier molecular flexibility index (Phi) is 8.01. The van der Waals surface area contributed by atoms with Crippen LogP contribution in [0.5, 0.6) is 0 Å². The fourth-order valence-corrected chi connectivity index (χ4v) is 3.50. The van der Waals surface area contributed by atoms with Gasteiger partial charge in [0, 0.05) is 24.2 Å². The van der Waals surface area contributed by atoms with E-state index in [4.69, 9.17) is 14.2 Å². The lowest BCUT2D eigenvalue weighted by Crippen LogP contribution is -2.52. The van der Waals surface area contributed by atoms with Gasteiger partial charge in [-0.3, -0.25) is 9.59 Å². The van der Waals surface area contributed by atoms with E-state index in [-0.39, 0.29) is 24.9 Å². The van der Waals surface area contributed by atoms with Crippen molar-refractivity contribution in [3.8, 4) is 0 Å². The van der Waals surface area contributed by atoms with Gasteiger partial charge in [-0.1, -0.05) is 24.3 Å². The van der Waals surface area contributed by atoms with Crippen molar-refractivity contribution in [2.45, 2.75) is 45.7 Å². The fraction of sp³-hybridized carbons (Fsp3) is 0.440. The molecule has 32 heavy (non-hydrogen) atoms. The van der Waals surface area contributed by atoms with E-state index in [0.29, 0.717) is 24.3 Å². The Balaban J connectivity index is 1.67. The minimum Gasteiger partial charge on any atom is -0.371 e. The first-order valence-electron chi connectivity index (χ1n) is 10.9. The van der Waals surface area contributed by atoms with Crippen molar-refractivity contribution >= 4 is 11.8 Å². The number of carbonyl (C=O) groups is 2. The molecule has 0 bridgehead atoms. The van der Waals surface area contributed by atoms with E-state index in [1.54, 1.807) is 12.1 Å². The normalized spacial score (nSPS) is 20.6. The van der Waals surface area contributed by atoms with Gasteiger partial charge in [0.05, 0.1) is 13.2 Å². The van der Waals surface area contributed by atoms with Gasteiger partial charge in [0.2, 0.25) is 0 Å². The molecule has 2 atom stereocenters. The summed E-state index contributed by atoms with van der Waals surface area (Å²) in [5.41, 5.74) is 3.35. The van der Waals surface area contributed by atoms with Gasteiger partial charge in [0.1, 0.15) is 12.2 Å². The van der Waals surface area contributed by atoms with Crippen LogP contribution in [0.1, 0.15) is 45.7 Å². The lowest BCUT2D eigenvalue weighted by Gasteiger charge is -2.37. The molecule has 1 saturated heterocycles. The molecule has 0 radical (unpaired) electrons. The molecular weight excluding hydrogens is 408 g/mol. The van der Waals surface area contributed by atoms with Gasteiger partial charge in [0.25, 0.3) is 11.8 Å². The standard InChI is InChI=1S/C25H32N2O5/c1-17-10-11-20(14-18(17)2)24(29)26-15-21-22(32-25(3,4)31-13-12-30-21)16-27-23(28)19-8-6-5-7-9-19/h5-11,14,21-22H,12-13,15-16H2,1-4H3,(H,26,29)(H,27,28)/t21-,22+/m1/s1. The maximum absolute atomic E-state index is 12.7. The zero-order valence-corrected chi connectivity index (χ0v) is 19.1. The summed E-state index contributed by atoms with van der Waals surface area (Å²) in [7, 11) is 0. The molecule has 172 valence electrons. The van der Waals surface area contributed by atoms with Gasteiger partial charge in [-0.25, -0.2) is 0 Å². The van der Waals surface area contributed by atoms with Gasteiger partial charge < -0.3 is 24.8 Å². The molecule has 2 aromatic carbocycles. The highest BCUT2D eigenvalue weighted by Crippen LogP contribution is 2.20. The Bertz CT molecular complexity index is 929. The Morgan fingerprint density at radius 3 is 2.22 bits per heavy atom. The van der Waals surface area contributed by atoms with Crippen LogP contribution in [0.15, 0.2) is 48.5 Å². The number of hydrogen-bond acceptors (Lipinski definition) is 5. The quantitative estimate of drug-likeness (QED) is 0.721. The van der Waals surface area contributed by atoms with Crippen LogP contribution >= 0.6 is 0 Å². The Hall–Kier alpha value is -2.74. The predicted octanol–water partition coefficient (Wildman–Crippen LogP) is 3.00. The van der Waals surface area contributed by atoms with E-state index in [2.05, 4.69) is 10.6 Å². The third-order valence-electron chi connectivity index (χ3n) is 5.45. The SMILES string of the molecule is Cc1ccc(C(=O)NC[C@H]2OCCOC(C)(C)O[C@H]2CNC(=O)c2ccccc2)cc1C. The Labute approximate surface area is 189 Å². The van der Waals surface area contributed by atoms with Gasteiger partial charge >= 0.3 is 0 Å². The summed E-state index contributed by atoms with van der Waals surface area (Å²) in [5, 5.41) is 5.85. The summed E-state index contributed by atoms with van der Waals surface area (Å²) in [5.74, 6) is -1.23. The number of amides is 2. The van der Waals surface area contributed by atoms with E-state index in [9.17, 15) is 9.59 Å². The van der Waals surface area contributed by atoms with Gasteiger partial charge in [0.15, 0.2) is 5.79 Å². The summed E-state index contributed by atoms with van der Waals surface area (Å²) in [4.78, 5) is 25.2. The number of benzene rings is 2. The van der Waals surface area contributed by atoms with E-state index < -0.39 is 18.0 Å². The summed E-state index contributed by atoms with van der Waals surface area (Å²) in [6, 6.07) is 14.6. The number of carbonyl (C=O) groups excluding carboxylic acids is 2. The van der Waals surface area contributed by atoms with Crippen LogP contribution in [-0.4, -0.2) is 56.1 Å². The molecule has 0 unspecified atom stereocenters. The van der Waals surface area contributed by atoms with Gasteiger partial charge in [-0.2, -0.15) is 0 Å². The molecule has 7 heteroatoms. The second-order valence-corrected chi connectivity index (χ2v) is 8.40. The van der Waals surface area contributed by atoms with Crippen molar-refractivity contribution in [3.05, 3.63) is 70.8 Å². The molecule has 2 amide bonds. The molecule has 1 aliphatic rings. The number of ether oxygens (including phenoxy) is 3. The molecule has 1 aliphatic heterocycles. The van der Waals surface area contributed by atoms with E-state index >= 15 is 0 Å². The molecule has 7 nitrogen and oxygen atoms in total. The fourth-order valence-electron chi connectivity index (χ4n) is 3.50. The second kappa shape index (κ2) is 10.7. The summed E-state index contributed by atoms with van der Waals surface area (Å²) >= 11 is 0. The van der Waals surface area contributed by atoms with Crippen LogP contribution in [0.25, 0.3) is 0 Å². The van der Waals surface area contributed by atoms with Crippen LogP contribution in [0, 0.1) is 13.8 Å². The minimum absolute atomic E-state index is 0.179. The van der Waals surface area contributed by atoms with Gasteiger partial charge in [-0.15, -0.1) is 0 Å². The third kappa shape index (κ3) is 6.63. The third-order valence-corrected chi connectivity index (χ3v) is 5.45. The van der Waals surface area contributed by atoms with Crippen LogP contribution in [0.3, 0.4) is 0 Å². The highest BCUT2D eigenvalue weighted by molar-refractivity contribution is 5.94. The van der Waals surface area contributed by atoms with Crippen LogP contribution in [0.4, 0.5) is 0 Å². The Morgan fingerprint density at radius 2 is 1.53 bits per heavy atom. The molecular formula is C25H32N2O5. The van der Waals surface area contributed by atoms with Gasteiger partial charge in [-0.05, 0) is 63.1 Å². The number of nitrogens with one attached hydrogen (secondary N) is 2. The molecule has 0 aliphatic carbocycles. The molecule has 0 saturated carbocycles. The molecule has 0 aromatic heterocycles. The number of hydrogen-bond donors (Lipinski definition) is 2. The summed E-state index contributed by atoms with van der Waals surface area (Å²) in [6.07, 6.45) is -0.970. The van der Waals surface area contributed by atoms with Crippen LogP contribution in [-0.2, 0) is 14.2 Å². The maximum Gasteiger partial charge on any atom is 0.251 e. The molecule has 0 spiro atoms. The molecule has 2 N–H and O–H groups in total. The second-order valence-electron chi connectivity index (χ2n) is 8.40. The predicted molar refractivity (Wildman–Crippen MR) is 122 cm³/mol. The summed E-state index contributed by atoms with van der Waals surface area (Å²) in [6.45, 7) is 8.83. The van der Waals surface area contributed by atoms with Crippen molar-refractivity contribution < 1.29 is 23.8 Å². The number of aryl methyl sites for hydroxylation is 2. The van der Waals surface area contributed by atoms with E-state index in [1.165, 1.54) is 0 Å². The maximum atomic E-state index is 12.7. The molecule has 1 heterocycles. The van der Waals surface area contributed by atoms with Crippen molar-refractivity contribution in [2.24, 2.45) is 0 Å². The van der Waals surface area contributed by atoms with E-state index in [1.807, 2.05) is 64.1 Å². The van der Waals surface area contributed by atoms with Crippen molar-refractivity contribution in [1.29, 1.82) is 0 Å². The first-order valence-corrected chi connectivity index (χ1v) is 10.9. The lowest BCUT2D eigenvalue weighted by molar-refractivity contribution is -0.277. The average molecular weight is 441 g/mol. The Morgan fingerprint density at radius 1 is 0.875 bits per heavy atom. The van der Waals surface area contributed by atoms with Crippen LogP contribution < -0.4 is 10.6 Å². The zero-order chi connectivity index (χ0) is 23.1. The highest BCUT2D eigenvalue weighted by Gasteiger charge is 2.33. The highest BCUT2D eigenvalue weighted by atomic mass is 16.7. The largest absolute Gasteiger partial charge is 0.371 e. The van der Waals surface area contributed by atoms with Crippen molar-refractivity contribution in [3.63, 3.8) is 0 Å². The summed E-state index contributed by atoms with van der Waals surface area (Å²) < 4.78 is 17.8. The molecule has 2 aromatic rings. The first kappa shape index (κ1) is 23.9. The van der Waals surface area contributed by atoms with Crippen molar-refractivity contribution in [1.82, 2.24) is 10.6 Å². The lowest BCUT2D eigenvalue weighted by atomic mass is 10.1. The smallest absolute Gasteiger partial charge is 0.251 e. The van der Waals surface area contributed by atoms with Crippen molar-refractivity contribution in [2.75, 3.05) is 26.3 Å². The topological polar surface area (TPSA) is 85.9 Å². The average Bonchev–Trinajstić information content (AvgIpc) is 2.77. The monoisotopic (exact) mass is 440 g/mol.